The Morgan fingerprint density at radius 1 is 0.860 bits per heavy atom. The predicted octanol–water partition coefficient (Wildman–Crippen LogP) is 7.70. The van der Waals surface area contributed by atoms with Gasteiger partial charge in [0, 0.05) is 48.4 Å². The molecule has 4 heterocycles. The van der Waals surface area contributed by atoms with Crippen molar-refractivity contribution in [3.8, 4) is 40.6 Å². The van der Waals surface area contributed by atoms with E-state index in [1.54, 1.807) is 31.4 Å². The number of hydrogen-bond acceptors (Lipinski definition) is 9. The van der Waals surface area contributed by atoms with E-state index < -0.39 is 0 Å². The number of nitrogens with zero attached hydrogens (tertiary/aromatic N) is 3. The number of fused-ring (bicyclic) bond motifs is 2. The van der Waals surface area contributed by atoms with Crippen LogP contribution in [0.3, 0.4) is 0 Å². The van der Waals surface area contributed by atoms with Crippen molar-refractivity contribution < 1.29 is 28.8 Å². The van der Waals surface area contributed by atoms with Gasteiger partial charge in [0.05, 0.1) is 32.0 Å². The van der Waals surface area contributed by atoms with Gasteiger partial charge in [-0.05, 0) is 141 Å². The van der Waals surface area contributed by atoms with Gasteiger partial charge in [-0.3, -0.25) is 14.6 Å². The molecule has 5 aromatic carbocycles. The standard InChI is InChI=1S/C47H48N4O6/c1-50-20-17-33-12-15-38-27-39(33)40(50)23-30-7-13-37(14-8-30)56-43-25-32(9-16-42(43)55-22-4-19-49-47(53)34-10-5-31(28-48)6-11-34)24-41-44-35(18-21-51(41)2)26-36(29-52)45(54-3)46(44)57-38/h5-16,25-27,40-41,52H,4,17-24,29H2,1-3H3,(H,49,53). The number of nitriles is 1. The Morgan fingerprint density at radius 2 is 1.58 bits per heavy atom. The molecule has 0 aliphatic carbocycles. The van der Waals surface area contributed by atoms with E-state index in [-0.39, 0.29) is 24.6 Å². The van der Waals surface area contributed by atoms with Crippen LogP contribution in [0.15, 0.2) is 91.0 Å². The first-order chi connectivity index (χ1) is 27.8. The molecule has 2 unspecified atom stereocenters. The van der Waals surface area contributed by atoms with E-state index in [1.807, 2.05) is 18.2 Å². The van der Waals surface area contributed by atoms with Crippen molar-refractivity contribution in [3.05, 3.63) is 141 Å². The van der Waals surface area contributed by atoms with E-state index in [0.717, 1.165) is 54.8 Å². The summed E-state index contributed by atoms with van der Waals surface area (Å²) < 4.78 is 25.9. The number of benzene rings is 5. The second-order valence-corrected chi connectivity index (χ2v) is 15.2. The molecule has 4 aliphatic rings. The first-order valence-electron chi connectivity index (χ1n) is 19.7. The highest BCUT2D eigenvalue weighted by molar-refractivity contribution is 5.94. The lowest BCUT2D eigenvalue weighted by Gasteiger charge is -2.37. The van der Waals surface area contributed by atoms with Gasteiger partial charge in [-0.15, -0.1) is 0 Å². The minimum atomic E-state index is -0.195. The zero-order valence-electron chi connectivity index (χ0n) is 32.7. The Bertz CT molecular complexity index is 2300. The molecule has 10 heteroatoms. The lowest BCUT2D eigenvalue weighted by molar-refractivity contribution is 0.0951. The van der Waals surface area contributed by atoms with Crippen LogP contribution < -0.4 is 24.3 Å². The number of hydrogen-bond donors (Lipinski definition) is 2. The number of carbonyl (C=O) groups is 1. The van der Waals surface area contributed by atoms with E-state index >= 15 is 0 Å². The normalized spacial score (nSPS) is 17.5. The van der Waals surface area contributed by atoms with Crippen LogP contribution in [0.4, 0.5) is 0 Å². The molecule has 4 aliphatic heterocycles. The van der Waals surface area contributed by atoms with Crippen LogP contribution in [0.25, 0.3) is 0 Å². The van der Waals surface area contributed by atoms with Crippen molar-refractivity contribution in [2.45, 2.75) is 50.8 Å². The summed E-state index contributed by atoms with van der Waals surface area (Å²) in [4.78, 5) is 17.4. The van der Waals surface area contributed by atoms with Gasteiger partial charge in [-0.25, -0.2) is 0 Å². The highest BCUT2D eigenvalue weighted by atomic mass is 16.5. The summed E-state index contributed by atoms with van der Waals surface area (Å²) in [5.41, 5.74) is 8.78. The second kappa shape index (κ2) is 16.7. The molecule has 2 N–H and O–H groups in total. The Morgan fingerprint density at radius 3 is 2.33 bits per heavy atom. The van der Waals surface area contributed by atoms with Crippen LogP contribution in [-0.2, 0) is 32.3 Å². The number of methoxy groups -OCH3 is 1. The summed E-state index contributed by atoms with van der Waals surface area (Å²) in [6.45, 7) is 2.45. The van der Waals surface area contributed by atoms with Gasteiger partial charge in [0.1, 0.15) is 11.5 Å². The number of likely N-dealkylation sites (N-methyl/N-ethyl adjacent to an activating group) is 2. The molecule has 2 atom stereocenters. The Kier molecular flexibility index (Phi) is 11.1. The van der Waals surface area contributed by atoms with Crippen LogP contribution in [0.2, 0.25) is 0 Å². The van der Waals surface area contributed by atoms with Gasteiger partial charge >= 0.3 is 0 Å². The van der Waals surface area contributed by atoms with Crippen molar-refractivity contribution in [1.29, 1.82) is 5.26 Å². The molecule has 57 heavy (non-hydrogen) atoms. The third-order valence-electron chi connectivity index (χ3n) is 11.5. The maximum Gasteiger partial charge on any atom is 0.251 e. The third kappa shape index (κ3) is 8.05. The quantitative estimate of drug-likeness (QED) is 0.153. The van der Waals surface area contributed by atoms with E-state index in [9.17, 15) is 9.90 Å². The summed E-state index contributed by atoms with van der Waals surface area (Å²) in [6, 6.07) is 31.7. The van der Waals surface area contributed by atoms with Crippen molar-refractivity contribution in [2.75, 3.05) is 47.4 Å². The third-order valence-corrected chi connectivity index (χ3v) is 11.5. The number of nitrogens with one attached hydrogen (secondary N) is 1. The average molecular weight is 765 g/mol. The number of aliphatic hydroxyl groups excluding tert-OH is 1. The van der Waals surface area contributed by atoms with Gasteiger partial charge in [0.2, 0.25) is 0 Å². The molecule has 5 aromatic rings. The Balaban J connectivity index is 1.13. The smallest absolute Gasteiger partial charge is 0.251 e. The fraction of sp³-hybridized carbons (Fsp3) is 0.319. The zero-order valence-corrected chi connectivity index (χ0v) is 32.7. The fourth-order valence-corrected chi connectivity index (χ4v) is 8.36. The highest BCUT2D eigenvalue weighted by Gasteiger charge is 2.33. The first kappa shape index (κ1) is 38.0. The lowest BCUT2D eigenvalue weighted by Crippen LogP contribution is -2.34. The van der Waals surface area contributed by atoms with Crippen molar-refractivity contribution >= 4 is 5.91 Å². The summed E-state index contributed by atoms with van der Waals surface area (Å²) in [6.07, 6.45) is 3.86. The molecular weight excluding hydrogens is 717 g/mol. The molecule has 0 radical (unpaired) electrons. The summed E-state index contributed by atoms with van der Waals surface area (Å²) >= 11 is 0. The first-order valence-corrected chi connectivity index (χ1v) is 19.7. The van der Waals surface area contributed by atoms with Gasteiger partial charge in [0.15, 0.2) is 23.0 Å². The van der Waals surface area contributed by atoms with Crippen LogP contribution in [-0.4, -0.2) is 68.3 Å². The minimum Gasteiger partial charge on any atom is -0.492 e. The molecular formula is C47H48N4O6. The fourth-order valence-electron chi connectivity index (χ4n) is 8.36. The van der Waals surface area contributed by atoms with Crippen LogP contribution >= 0.6 is 0 Å². The highest BCUT2D eigenvalue weighted by Crippen LogP contribution is 2.48. The van der Waals surface area contributed by atoms with Gasteiger partial charge < -0.3 is 29.4 Å². The molecule has 1 amide bonds. The van der Waals surface area contributed by atoms with Crippen molar-refractivity contribution in [3.63, 3.8) is 0 Å². The lowest BCUT2D eigenvalue weighted by atomic mass is 9.86. The van der Waals surface area contributed by atoms with E-state index in [2.05, 4.69) is 83.8 Å². The largest absolute Gasteiger partial charge is 0.492 e. The number of carbonyl (C=O) groups excluding carboxylic acids is 1. The zero-order chi connectivity index (χ0) is 39.5. The Hall–Kier alpha value is -5.86. The number of amides is 1. The maximum absolute atomic E-state index is 12.7. The monoisotopic (exact) mass is 764 g/mol. The number of ether oxygens (including phenoxy) is 4. The molecule has 292 valence electrons. The van der Waals surface area contributed by atoms with Crippen LogP contribution in [0.1, 0.15) is 73.4 Å². The SMILES string of the molecule is COc1c(CO)cc2c3c1Oc1ccc4c(c1)C(Cc1ccc(cc1)Oc1cc(ccc1OCCCNC(=O)c1ccc(C#N)cc1)CC3N(C)CC2)N(C)CC4. The van der Waals surface area contributed by atoms with Crippen molar-refractivity contribution in [1.82, 2.24) is 15.1 Å². The average Bonchev–Trinajstić information content (AvgIpc) is 3.23. The number of rotatable bonds is 8. The molecule has 0 spiro atoms. The van der Waals surface area contributed by atoms with Gasteiger partial charge in [-0.1, -0.05) is 24.3 Å². The predicted molar refractivity (Wildman–Crippen MR) is 218 cm³/mol. The van der Waals surface area contributed by atoms with Gasteiger partial charge in [0.25, 0.3) is 5.91 Å². The molecule has 6 bridgehead atoms. The van der Waals surface area contributed by atoms with E-state index in [4.69, 9.17) is 24.2 Å². The molecule has 0 saturated carbocycles. The van der Waals surface area contributed by atoms with E-state index in [0.29, 0.717) is 71.4 Å². The van der Waals surface area contributed by atoms with Crippen molar-refractivity contribution in [2.24, 2.45) is 0 Å². The molecule has 0 fully saturated rings. The minimum absolute atomic E-state index is 0.0561. The summed E-state index contributed by atoms with van der Waals surface area (Å²) in [7, 11) is 5.97. The molecule has 10 nitrogen and oxygen atoms in total. The van der Waals surface area contributed by atoms with Crippen LogP contribution in [0.5, 0.6) is 34.5 Å². The second-order valence-electron chi connectivity index (χ2n) is 15.2. The molecule has 9 rings (SSSR count). The van der Waals surface area contributed by atoms with E-state index in [1.165, 1.54) is 16.7 Å². The van der Waals surface area contributed by atoms with Crippen LogP contribution in [0, 0.1) is 11.3 Å². The summed E-state index contributed by atoms with van der Waals surface area (Å²) in [5, 5.41) is 22.5. The number of aliphatic hydroxyl groups is 1. The Labute approximate surface area is 334 Å². The summed E-state index contributed by atoms with van der Waals surface area (Å²) in [5.74, 6) is 3.69. The maximum atomic E-state index is 12.7. The molecule has 0 aromatic heterocycles. The van der Waals surface area contributed by atoms with Gasteiger partial charge in [-0.2, -0.15) is 5.26 Å². The molecule has 0 saturated heterocycles. The topological polar surface area (TPSA) is 117 Å².